The summed E-state index contributed by atoms with van der Waals surface area (Å²) in [6, 6.07) is 17.1. The number of nitrogens with one attached hydrogen (secondary N) is 1. The summed E-state index contributed by atoms with van der Waals surface area (Å²) in [5.74, 6) is 0.309. The van der Waals surface area contributed by atoms with Crippen molar-refractivity contribution in [3.05, 3.63) is 76.3 Å². The van der Waals surface area contributed by atoms with Crippen LogP contribution in [0.1, 0.15) is 33.3 Å². The van der Waals surface area contributed by atoms with Crippen LogP contribution < -0.4 is 10.1 Å². The van der Waals surface area contributed by atoms with Crippen LogP contribution >= 0.6 is 23.2 Å². The molecular weight excluding hydrogens is 443 g/mol. The fourth-order valence-corrected chi connectivity index (χ4v) is 3.96. The standard InChI is InChI=1S/C26H24Cl2N2O2/c1-15(31)29-22-14-23(26(2,3)4)32-25-20(22)13-19(16-9-11-17(27)12-10-16)24(30-25)18-7-5-6-8-21(18)28/h5-14,23H,1-4H3,(H,29,31). The number of aromatic nitrogens is 1. The molecule has 1 N–H and O–H groups in total. The lowest BCUT2D eigenvalue weighted by atomic mass is 9.86. The van der Waals surface area contributed by atoms with Crippen LogP contribution in [0.15, 0.2) is 60.7 Å². The Kier molecular flexibility index (Phi) is 6.02. The van der Waals surface area contributed by atoms with Gasteiger partial charge in [0.05, 0.1) is 17.0 Å². The summed E-state index contributed by atoms with van der Waals surface area (Å²) in [7, 11) is 0. The van der Waals surface area contributed by atoms with E-state index in [1.54, 1.807) is 0 Å². The normalized spacial score (nSPS) is 15.4. The Morgan fingerprint density at radius 3 is 2.31 bits per heavy atom. The van der Waals surface area contributed by atoms with Gasteiger partial charge in [-0.2, -0.15) is 0 Å². The molecule has 1 amide bonds. The summed E-state index contributed by atoms with van der Waals surface area (Å²) in [4.78, 5) is 16.9. The van der Waals surface area contributed by atoms with E-state index in [2.05, 4.69) is 26.1 Å². The fourth-order valence-electron chi connectivity index (χ4n) is 3.61. The molecule has 0 radical (unpaired) electrons. The molecule has 4 nitrogen and oxygen atoms in total. The Bertz CT molecular complexity index is 1210. The van der Waals surface area contributed by atoms with E-state index in [1.807, 2.05) is 60.7 Å². The lowest BCUT2D eigenvalue weighted by Gasteiger charge is -2.33. The Hall–Kier alpha value is -2.82. The lowest BCUT2D eigenvalue weighted by Crippen LogP contribution is -2.35. The molecule has 1 unspecified atom stereocenters. The number of hydrogen-bond donors (Lipinski definition) is 1. The SMILES string of the molecule is CC(=O)NC1=CC(C(C)(C)C)Oc2nc(-c3ccccc3Cl)c(-c3ccc(Cl)cc3)cc21. The third-order valence-corrected chi connectivity index (χ3v) is 5.86. The number of amides is 1. The predicted molar refractivity (Wildman–Crippen MR) is 131 cm³/mol. The second-order valence-electron chi connectivity index (χ2n) is 8.89. The number of benzene rings is 2. The Labute approximate surface area is 198 Å². The summed E-state index contributed by atoms with van der Waals surface area (Å²) in [6.45, 7) is 7.75. The molecular formula is C26H24Cl2N2O2. The van der Waals surface area contributed by atoms with Crippen LogP contribution in [0, 0.1) is 5.41 Å². The summed E-state index contributed by atoms with van der Waals surface area (Å²) >= 11 is 12.7. The summed E-state index contributed by atoms with van der Waals surface area (Å²) < 4.78 is 6.32. The largest absolute Gasteiger partial charge is 0.469 e. The molecule has 2 aromatic carbocycles. The molecule has 1 aromatic heterocycles. The van der Waals surface area contributed by atoms with Gasteiger partial charge in [-0.05, 0) is 35.9 Å². The molecule has 3 aromatic rings. The van der Waals surface area contributed by atoms with Crippen molar-refractivity contribution >= 4 is 34.8 Å². The van der Waals surface area contributed by atoms with Gasteiger partial charge in [0, 0.05) is 33.5 Å². The lowest BCUT2D eigenvalue weighted by molar-refractivity contribution is -0.117. The predicted octanol–water partition coefficient (Wildman–Crippen LogP) is 7.01. The maximum atomic E-state index is 12.0. The monoisotopic (exact) mass is 466 g/mol. The molecule has 32 heavy (non-hydrogen) atoms. The number of halogens is 2. The Balaban J connectivity index is 1.98. The molecule has 4 rings (SSSR count). The zero-order valence-electron chi connectivity index (χ0n) is 18.4. The number of hydrogen-bond acceptors (Lipinski definition) is 3. The summed E-state index contributed by atoms with van der Waals surface area (Å²) in [5, 5.41) is 4.19. The summed E-state index contributed by atoms with van der Waals surface area (Å²) in [5.41, 5.74) is 4.51. The molecule has 0 saturated heterocycles. The number of ether oxygens (including phenoxy) is 1. The second-order valence-corrected chi connectivity index (χ2v) is 9.73. The van der Waals surface area contributed by atoms with Gasteiger partial charge in [-0.3, -0.25) is 4.79 Å². The molecule has 1 aliphatic heterocycles. The van der Waals surface area contributed by atoms with Crippen molar-refractivity contribution in [2.45, 2.75) is 33.8 Å². The highest BCUT2D eigenvalue weighted by Crippen LogP contribution is 2.42. The van der Waals surface area contributed by atoms with Crippen LogP contribution in [-0.2, 0) is 4.79 Å². The van der Waals surface area contributed by atoms with Gasteiger partial charge in [0.15, 0.2) is 0 Å². The number of nitrogens with zero attached hydrogens (tertiary/aromatic N) is 1. The van der Waals surface area contributed by atoms with Gasteiger partial charge >= 0.3 is 0 Å². The second kappa shape index (κ2) is 8.61. The number of carbonyl (C=O) groups is 1. The van der Waals surface area contributed by atoms with Crippen molar-refractivity contribution in [3.8, 4) is 28.3 Å². The molecule has 0 aliphatic carbocycles. The summed E-state index contributed by atoms with van der Waals surface area (Å²) in [6.07, 6.45) is 1.69. The average Bonchev–Trinajstić information content (AvgIpc) is 2.73. The quantitative estimate of drug-likeness (QED) is 0.451. The van der Waals surface area contributed by atoms with Crippen LogP contribution in [0.3, 0.4) is 0 Å². The third kappa shape index (κ3) is 4.52. The highest BCUT2D eigenvalue weighted by Gasteiger charge is 2.32. The molecule has 1 aliphatic rings. The van der Waals surface area contributed by atoms with E-state index >= 15 is 0 Å². The molecule has 1 atom stereocenters. The van der Waals surface area contributed by atoms with E-state index in [4.69, 9.17) is 32.9 Å². The number of rotatable bonds is 3. The van der Waals surface area contributed by atoms with E-state index < -0.39 is 0 Å². The maximum Gasteiger partial charge on any atom is 0.224 e. The first-order chi connectivity index (χ1) is 15.1. The van der Waals surface area contributed by atoms with Crippen LogP contribution in [0.2, 0.25) is 10.0 Å². The highest BCUT2D eigenvalue weighted by molar-refractivity contribution is 6.33. The molecule has 0 saturated carbocycles. The topological polar surface area (TPSA) is 51.2 Å². The smallest absolute Gasteiger partial charge is 0.224 e. The molecule has 164 valence electrons. The van der Waals surface area contributed by atoms with E-state index in [9.17, 15) is 4.79 Å². The van der Waals surface area contributed by atoms with Gasteiger partial charge in [0.25, 0.3) is 0 Å². The highest BCUT2D eigenvalue weighted by atomic mass is 35.5. The van der Waals surface area contributed by atoms with Crippen molar-refractivity contribution in [1.29, 1.82) is 0 Å². The minimum Gasteiger partial charge on any atom is -0.469 e. The molecule has 0 bridgehead atoms. The van der Waals surface area contributed by atoms with Gasteiger partial charge in [-0.1, -0.05) is 74.3 Å². The van der Waals surface area contributed by atoms with E-state index in [-0.39, 0.29) is 17.4 Å². The van der Waals surface area contributed by atoms with Crippen LogP contribution in [0.25, 0.3) is 28.1 Å². The Morgan fingerprint density at radius 2 is 1.69 bits per heavy atom. The number of fused-ring (bicyclic) bond motifs is 1. The van der Waals surface area contributed by atoms with Crippen molar-refractivity contribution in [2.24, 2.45) is 5.41 Å². The molecule has 0 spiro atoms. The molecule has 2 heterocycles. The number of carbonyl (C=O) groups excluding carboxylic acids is 1. The first-order valence-corrected chi connectivity index (χ1v) is 11.1. The van der Waals surface area contributed by atoms with Crippen LogP contribution in [0.4, 0.5) is 0 Å². The van der Waals surface area contributed by atoms with E-state index in [0.717, 1.165) is 22.3 Å². The van der Waals surface area contributed by atoms with Gasteiger partial charge in [-0.15, -0.1) is 0 Å². The Morgan fingerprint density at radius 1 is 1.00 bits per heavy atom. The van der Waals surface area contributed by atoms with Gasteiger partial charge in [0.1, 0.15) is 6.10 Å². The zero-order chi connectivity index (χ0) is 23.0. The third-order valence-electron chi connectivity index (χ3n) is 5.28. The van der Waals surface area contributed by atoms with Crippen molar-refractivity contribution < 1.29 is 9.53 Å². The zero-order valence-corrected chi connectivity index (χ0v) is 19.9. The number of pyridine rings is 1. The molecule has 6 heteroatoms. The average molecular weight is 467 g/mol. The first-order valence-electron chi connectivity index (χ1n) is 10.4. The van der Waals surface area contributed by atoms with E-state index in [1.165, 1.54) is 6.92 Å². The van der Waals surface area contributed by atoms with Crippen molar-refractivity contribution in [2.75, 3.05) is 0 Å². The van der Waals surface area contributed by atoms with Crippen molar-refractivity contribution in [3.63, 3.8) is 0 Å². The van der Waals surface area contributed by atoms with Gasteiger partial charge in [-0.25, -0.2) is 4.98 Å². The first kappa shape index (κ1) is 22.4. The van der Waals surface area contributed by atoms with Gasteiger partial charge in [0.2, 0.25) is 11.8 Å². The minimum absolute atomic E-state index is 0.153. The van der Waals surface area contributed by atoms with Crippen LogP contribution in [0.5, 0.6) is 5.88 Å². The molecule has 0 fully saturated rings. The van der Waals surface area contributed by atoms with Crippen molar-refractivity contribution in [1.82, 2.24) is 10.3 Å². The van der Waals surface area contributed by atoms with E-state index in [0.29, 0.717) is 27.3 Å². The minimum atomic E-state index is -0.259. The fraction of sp³-hybridized carbons (Fsp3) is 0.231. The van der Waals surface area contributed by atoms with Gasteiger partial charge < -0.3 is 10.1 Å². The van der Waals surface area contributed by atoms with Crippen LogP contribution in [-0.4, -0.2) is 17.0 Å². The maximum absolute atomic E-state index is 12.0.